The number of rotatable bonds is 2. The molecule has 0 bridgehead atoms. The predicted octanol–water partition coefficient (Wildman–Crippen LogP) is 5.00. The minimum atomic E-state index is 0.881. The Morgan fingerprint density at radius 1 is 0.810 bits per heavy atom. The molecule has 2 nitrogen and oxygen atoms in total. The Hall–Kier alpha value is -2.74. The van der Waals surface area contributed by atoms with Crippen LogP contribution in [0.3, 0.4) is 0 Å². The third-order valence-corrected chi connectivity index (χ3v) is 3.91. The summed E-state index contributed by atoms with van der Waals surface area (Å²) in [7, 11) is 1.69. The van der Waals surface area contributed by atoms with Crippen LogP contribution in [0.2, 0.25) is 0 Å². The topological polar surface area (TPSA) is 25.0 Å². The van der Waals surface area contributed by atoms with Gasteiger partial charge in [-0.3, -0.25) is 0 Å². The lowest BCUT2D eigenvalue weighted by molar-refractivity contribution is 0.415. The summed E-state index contributed by atoms with van der Waals surface area (Å²) in [5, 5.41) is 3.68. The summed E-state index contributed by atoms with van der Waals surface area (Å²) in [6.07, 6.45) is 0. The Labute approximate surface area is 123 Å². The molecule has 4 rings (SSSR count). The molecule has 0 saturated carbocycles. The third-order valence-electron chi connectivity index (χ3n) is 3.91. The molecule has 0 spiro atoms. The molecule has 21 heavy (non-hydrogen) atoms. The number of aromatic amines is 1. The zero-order valence-corrected chi connectivity index (χ0v) is 11.8. The fraction of sp³-hybridized carbons (Fsp3) is 0.0526. The van der Waals surface area contributed by atoms with Crippen LogP contribution in [0, 0.1) is 0 Å². The van der Waals surface area contributed by atoms with Gasteiger partial charge < -0.3 is 9.72 Å². The van der Waals surface area contributed by atoms with E-state index in [1.165, 1.54) is 16.3 Å². The van der Waals surface area contributed by atoms with Crippen molar-refractivity contribution < 1.29 is 4.74 Å². The van der Waals surface area contributed by atoms with E-state index < -0.39 is 0 Å². The van der Waals surface area contributed by atoms with Gasteiger partial charge in [0.25, 0.3) is 0 Å². The Balaban J connectivity index is 1.96. The summed E-state index contributed by atoms with van der Waals surface area (Å²) in [5.74, 6) is 0.881. The summed E-state index contributed by atoms with van der Waals surface area (Å²) < 4.78 is 5.29. The van der Waals surface area contributed by atoms with Crippen molar-refractivity contribution in [2.45, 2.75) is 0 Å². The molecule has 0 amide bonds. The van der Waals surface area contributed by atoms with Crippen molar-refractivity contribution in [3.63, 3.8) is 0 Å². The number of fused-ring (bicyclic) bond motifs is 2. The van der Waals surface area contributed by atoms with E-state index in [0.29, 0.717) is 0 Å². The van der Waals surface area contributed by atoms with E-state index in [-0.39, 0.29) is 0 Å². The van der Waals surface area contributed by atoms with Gasteiger partial charge in [-0.1, -0.05) is 42.5 Å². The first kappa shape index (κ1) is 12.0. The molecule has 3 aromatic carbocycles. The summed E-state index contributed by atoms with van der Waals surface area (Å²) >= 11 is 0. The van der Waals surface area contributed by atoms with Crippen LogP contribution in [-0.2, 0) is 0 Å². The van der Waals surface area contributed by atoms with Crippen molar-refractivity contribution in [2.24, 2.45) is 0 Å². The van der Waals surface area contributed by atoms with Gasteiger partial charge in [-0.25, -0.2) is 0 Å². The lowest BCUT2D eigenvalue weighted by Gasteiger charge is -2.04. The van der Waals surface area contributed by atoms with Gasteiger partial charge in [-0.05, 0) is 35.0 Å². The standard InChI is InChI=1S/C19H15NO/c1-21-15-9-10-18-14(11-15)12-19(20-18)17-8-4-6-13-5-2-3-7-16(13)17/h2-12,20H,1H3. The van der Waals surface area contributed by atoms with E-state index in [0.717, 1.165) is 22.3 Å². The fourth-order valence-electron chi connectivity index (χ4n) is 2.84. The molecule has 102 valence electrons. The molecule has 1 aromatic heterocycles. The maximum Gasteiger partial charge on any atom is 0.119 e. The lowest BCUT2D eigenvalue weighted by Crippen LogP contribution is -1.81. The van der Waals surface area contributed by atoms with E-state index in [1.54, 1.807) is 7.11 Å². The molecule has 0 radical (unpaired) electrons. The zero-order chi connectivity index (χ0) is 14.2. The van der Waals surface area contributed by atoms with Gasteiger partial charge in [0, 0.05) is 22.2 Å². The maximum absolute atomic E-state index is 5.29. The second-order valence-electron chi connectivity index (χ2n) is 5.16. The van der Waals surface area contributed by atoms with E-state index in [4.69, 9.17) is 4.74 Å². The number of hydrogen-bond acceptors (Lipinski definition) is 1. The highest BCUT2D eigenvalue weighted by molar-refractivity contribution is 5.98. The van der Waals surface area contributed by atoms with Crippen molar-refractivity contribution in [1.82, 2.24) is 4.98 Å². The van der Waals surface area contributed by atoms with E-state index in [9.17, 15) is 0 Å². The van der Waals surface area contributed by atoms with Gasteiger partial charge in [0.05, 0.1) is 7.11 Å². The van der Waals surface area contributed by atoms with Crippen molar-refractivity contribution in [1.29, 1.82) is 0 Å². The highest BCUT2D eigenvalue weighted by Gasteiger charge is 2.07. The number of aromatic nitrogens is 1. The summed E-state index contributed by atoms with van der Waals surface area (Å²) in [4.78, 5) is 3.50. The Morgan fingerprint density at radius 3 is 2.57 bits per heavy atom. The minimum Gasteiger partial charge on any atom is -0.497 e. The average Bonchev–Trinajstić information content (AvgIpc) is 2.97. The maximum atomic E-state index is 5.29. The molecule has 0 aliphatic carbocycles. The molecular weight excluding hydrogens is 258 g/mol. The second kappa shape index (κ2) is 4.67. The first-order valence-corrected chi connectivity index (χ1v) is 7.00. The third kappa shape index (κ3) is 1.96. The Bertz CT molecular complexity index is 931. The van der Waals surface area contributed by atoms with E-state index >= 15 is 0 Å². The Kier molecular flexibility index (Phi) is 2.68. The van der Waals surface area contributed by atoms with Gasteiger partial charge >= 0.3 is 0 Å². The highest BCUT2D eigenvalue weighted by atomic mass is 16.5. The average molecular weight is 273 g/mol. The SMILES string of the molecule is COc1ccc2[nH]c(-c3cccc4ccccc34)cc2c1. The van der Waals surface area contributed by atoms with Crippen LogP contribution in [0.15, 0.2) is 66.7 Å². The van der Waals surface area contributed by atoms with Crippen molar-refractivity contribution in [3.05, 3.63) is 66.7 Å². The molecule has 0 unspecified atom stereocenters. The largest absolute Gasteiger partial charge is 0.497 e. The normalized spacial score (nSPS) is 11.1. The molecule has 0 aliphatic rings. The molecule has 1 N–H and O–H groups in total. The van der Waals surface area contributed by atoms with Gasteiger partial charge in [0.1, 0.15) is 5.75 Å². The number of hydrogen-bond donors (Lipinski definition) is 1. The van der Waals surface area contributed by atoms with Gasteiger partial charge in [-0.2, -0.15) is 0 Å². The molecule has 0 aliphatic heterocycles. The van der Waals surface area contributed by atoms with E-state index in [2.05, 4.69) is 65.6 Å². The molecule has 4 aromatic rings. The van der Waals surface area contributed by atoms with Crippen molar-refractivity contribution >= 4 is 21.7 Å². The fourth-order valence-corrected chi connectivity index (χ4v) is 2.84. The van der Waals surface area contributed by atoms with Gasteiger partial charge in [-0.15, -0.1) is 0 Å². The van der Waals surface area contributed by atoms with Crippen molar-refractivity contribution in [3.8, 4) is 17.0 Å². The summed E-state index contributed by atoms with van der Waals surface area (Å²) in [6, 6.07) is 23.1. The molecule has 2 heteroatoms. The molecule has 1 heterocycles. The van der Waals surface area contributed by atoms with Crippen LogP contribution in [0.4, 0.5) is 0 Å². The van der Waals surface area contributed by atoms with Crippen molar-refractivity contribution in [2.75, 3.05) is 7.11 Å². The second-order valence-corrected chi connectivity index (χ2v) is 5.16. The lowest BCUT2D eigenvalue weighted by atomic mass is 10.0. The predicted molar refractivity (Wildman–Crippen MR) is 87.8 cm³/mol. The molecule has 0 atom stereocenters. The summed E-state index contributed by atoms with van der Waals surface area (Å²) in [5.41, 5.74) is 3.48. The first-order chi connectivity index (χ1) is 10.3. The molecular formula is C19H15NO. The molecule has 0 saturated heterocycles. The van der Waals surface area contributed by atoms with Crippen LogP contribution < -0.4 is 4.74 Å². The van der Waals surface area contributed by atoms with Crippen LogP contribution >= 0.6 is 0 Å². The van der Waals surface area contributed by atoms with E-state index in [1.807, 2.05) is 6.07 Å². The first-order valence-electron chi connectivity index (χ1n) is 7.00. The van der Waals surface area contributed by atoms with Crippen LogP contribution in [0.25, 0.3) is 32.9 Å². The van der Waals surface area contributed by atoms with Gasteiger partial charge in [0.2, 0.25) is 0 Å². The van der Waals surface area contributed by atoms with Gasteiger partial charge in [0.15, 0.2) is 0 Å². The number of H-pyrrole nitrogens is 1. The number of ether oxygens (including phenoxy) is 1. The van der Waals surface area contributed by atoms with Crippen LogP contribution in [-0.4, -0.2) is 12.1 Å². The quantitative estimate of drug-likeness (QED) is 0.546. The Morgan fingerprint density at radius 2 is 1.67 bits per heavy atom. The van der Waals surface area contributed by atoms with Crippen LogP contribution in [0.1, 0.15) is 0 Å². The molecule has 0 fully saturated rings. The van der Waals surface area contributed by atoms with Crippen LogP contribution in [0.5, 0.6) is 5.75 Å². The highest BCUT2D eigenvalue weighted by Crippen LogP contribution is 2.31. The smallest absolute Gasteiger partial charge is 0.119 e. The number of benzene rings is 3. The zero-order valence-electron chi connectivity index (χ0n) is 11.8. The summed E-state index contributed by atoms with van der Waals surface area (Å²) in [6.45, 7) is 0. The monoisotopic (exact) mass is 273 g/mol. The number of nitrogens with one attached hydrogen (secondary N) is 1. The minimum absolute atomic E-state index is 0.881. The number of methoxy groups -OCH3 is 1.